The Morgan fingerprint density at radius 2 is 1.02 bits per heavy atom. The van der Waals surface area contributed by atoms with Crippen LogP contribution in [0.5, 0.6) is 0 Å². The highest BCUT2D eigenvalue weighted by Crippen LogP contribution is 2.44. The van der Waals surface area contributed by atoms with Gasteiger partial charge in [-0.15, -0.1) is 11.3 Å². The Bertz CT molecular complexity index is 2800. The molecule has 3 heterocycles. The second kappa shape index (κ2) is 11.6. The number of fused-ring (bicyclic) bond motifs is 6. The lowest BCUT2D eigenvalue weighted by Crippen LogP contribution is -2.00. The molecule has 5 heteroatoms. The molecule has 10 rings (SSSR count). The first-order chi connectivity index (χ1) is 24.8. The summed E-state index contributed by atoms with van der Waals surface area (Å²) >= 11 is 1.86. The maximum atomic E-state index is 6.59. The van der Waals surface area contributed by atoms with Crippen LogP contribution in [-0.2, 0) is 0 Å². The minimum absolute atomic E-state index is 0.609. The molecule has 0 aliphatic heterocycles. The van der Waals surface area contributed by atoms with Crippen molar-refractivity contribution in [1.82, 2.24) is 15.0 Å². The molecule has 234 valence electrons. The molecule has 3 aromatic heterocycles. The fraction of sp³-hybridized carbons (Fsp3) is 0. The summed E-state index contributed by atoms with van der Waals surface area (Å²) in [6.07, 6.45) is 0. The summed E-state index contributed by atoms with van der Waals surface area (Å²) in [6, 6.07) is 56.8. The molecule has 0 aliphatic rings. The molecule has 0 saturated heterocycles. The summed E-state index contributed by atoms with van der Waals surface area (Å²) in [5.41, 5.74) is 9.10. The molecule has 0 spiro atoms. The molecule has 10 aromatic rings. The number of thiophene rings is 1. The van der Waals surface area contributed by atoms with Crippen LogP contribution in [0, 0.1) is 0 Å². The van der Waals surface area contributed by atoms with E-state index >= 15 is 0 Å². The maximum Gasteiger partial charge on any atom is 0.164 e. The zero-order chi connectivity index (χ0) is 33.0. The molecule has 0 N–H and O–H groups in total. The molecular formula is C45H27N3OS. The number of furan rings is 1. The van der Waals surface area contributed by atoms with E-state index in [-0.39, 0.29) is 0 Å². The minimum Gasteiger partial charge on any atom is -0.456 e. The van der Waals surface area contributed by atoms with Crippen molar-refractivity contribution in [1.29, 1.82) is 0 Å². The number of aromatic nitrogens is 3. The second-order valence-electron chi connectivity index (χ2n) is 12.4. The van der Waals surface area contributed by atoms with Crippen LogP contribution < -0.4 is 0 Å². The van der Waals surface area contributed by atoms with Gasteiger partial charge in [-0.05, 0) is 53.1 Å². The normalized spacial score (nSPS) is 11.6. The molecule has 0 bridgehead atoms. The van der Waals surface area contributed by atoms with Gasteiger partial charge >= 0.3 is 0 Å². The molecule has 0 fully saturated rings. The van der Waals surface area contributed by atoms with Crippen molar-refractivity contribution in [3.8, 4) is 56.4 Å². The molecule has 0 atom stereocenters. The predicted octanol–water partition coefficient (Wildman–Crippen LogP) is 12.5. The van der Waals surface area contributed by atoms with Gasteiger partial charge in [-0.2, -0.15) is 0 Å². The summed E-state index contributed by atoms with van der Waals surface area (Å²) in [5, 5.41) is 4.56. The van der Waals surface area contributed by atoms with Gasteiger partial charge in [0, 0.05) is 53.2 Å². The van der Waals surface area contributed by atoms with Crippen molar-refractivity contribution in [3.05, 3.63) is 164 Å². The van der Waals surface area contributed by atoms with Crippen LogP contribution in [0.4, 0.5) is 0 Å². The van der Waals surface area contributed by atoms with Crippen LogP contribution in [0.2, 0.25) is 0 Å². The predicted molar refractivity (Wildman–Crippen MR) is 207 cm³/mol. The van der Waals surface area contributed by atoms with Crippen molar-refractivity contribution in [2.24, 2.45) is 0 Å². The van der Waals surface area contributed by atoms with Crippen molar-refractivity contribution in [3.63, 3.8) is 0 Å². The molecule has 0 saturated carbocycles. The third-order valence-electron chi connectivity index (χ3n) is 9.33. The van der Waals surface area contributed by atoms with Gasteiger partial charge in [0.2, 0.25) is 0 Å². The van der Waals surface area contributed by atoms with E-state index in [2.05, 4.69) is 91.0 Å². The van der Waals surface area contributed by atoms with E-state index in [9.17, 15) is 0 Å². The highest BCUT2D eigenvalue weighted by Gasteiger charge is 2.19. The minimum atomic E-state index is 0.609. The molecular weight excluding hydrogens is 631 g/mol. The summed E-state index contributed by atoms with van der Waals surface area (Å²) in [4.78, 5) is 14.9. The largest absolute Gasteiger partial charge is 0.456 e. The smallest absolute Gasteiger partial charge is 0.164 e. The Labute approximate surface area is 292 Å². The van der Waals surface area contributed by atoms with Crippen molar-refractivity contribution in [2.75, 3.05) is 0 Å². The van der Waals surface area contributed by atoms with Crippen LogP contribution in [0.15, 0.2) is 168 Å². The van der Waals surface area contributed by atoms with Gasteiger partial charge < -0.3 is 4.42 Å². The third-order valence-corrected chi connectivity index (χ3v) is 10.6. The standard InChI is InChI=1S/C45H27N3OS/c1-4-13-28(14-5-1)36-25-32(26-37-33-19-10-11-22-40(33)50-42(36)37)31-23-24-34-39(27-31)49-38-21-12-20-35(41(34)38)45-47-43(29-15-6-2-7-16-29)46-44(48-45)30-17-8-3-9-18-30/h1-27H. The third kappa shape index (κ3) is 4.79. The first-order valence-corrected chi connectivity index (χ1v) is 17.4. The average molecular weight is 658 g/mol. The Kier molecular flexibility index (Phi) is 6.64. The zero-order valence-corrected chi connectivity index (χ0v) is 27.6. The Balaban J connectivity index is 1.16. The quantitative estimate of drug-likeness (QED) is 0.185. The lowest BCUT2D eigenvalue weighted by molar-refractivity contribution is 0.669. The van der Waals surface area contributed by atoms with Crippen LogP contribution >= 0.6 is 11.3 Å². The van der Waals surface area contributed by atoms with Gasteiger partial charge in [-0.25, -0.2) is 15.0 Å². The van der Waals surface area contributed by atoms with E-state index in [1.165, 1.54) is 31.3 Å². The fourth-order valence-corrected chi connectivity index (χ4v) is 8.17. The highest BCUT2D eigenvalue weighted by atomic mass is 32.1. The van der Waals surface area contributed by atoms with Gasteiger partial charge in [-0.3, -0.25) is 0 Å². The highest BCUT2D eigenvalue weighted by molar-refractivity contribution is 7.26. The first kappa shape index (κ1) is 28.6. The van der Waals surface area contributed by atoms with Crippen LogP contribution in [-0.4, -0.2) is 15.0 Å². The van der Waals surface area contributed by atoms with Gasteiger partial charge in [0.15, 0.2) is 17.5 Å². The Morgan fingerprint density at radius 3 is 1.74 bits per heavy atom. The maximum absolute atomic E-state index is 6.59. The summed E-state index contributed by atoms with van der Waals surface area (Å²) < 4.78 is 9.19. The van der Waals surface area contributed by atoms with E-state index in [1.807, 2.05) is 84.1 Å². The summed E-state index contributed by atoms with van der Waals surface area (Å²) in [6.45, 7) is 0. The van der Waals surface area contributed by atoms with Gasteiger partial charge in [-0.1, -0.05) is 127 Å². The number of benzene rings is 7. The molecule has 0 amide bonds. The lowest BCUT2D eigenvalue weighted by Gasteiger charge is -2.10. The topological polar surface area (TPSA) is 51.8 Å². The average Bonchev–Trinajstić information content (AvgIpc) is 3.76. The van der Waals surface area contributed by atoms with Crippen molar-refractivity contribution < 1.29 is 4.42 Å². The molecule has 50 heavy (non-hydrogen) atoms. The molecule has 4 nitrogen and oxygen atoms in total. The lowest BCUT2D eigenvalue weighted by atomic mass is 9.95. The monoisotopic (exact) mass is 657 g/mol. The van der Waals surface area contributed by atoms with Crippen LogP contribution in [0.3, 0.4) is 0 Å². The molecule has 0 aliphatic carbocycles. The van der Waals surface area contributed by atoms with Crippen LogP contribution in [0.1, 0.15) is 0 Å². The SMILES string of the molecule is c1ccc(-c2nc(-c3ccccc3)nc(-c3cccc4oc5cc(-c6cc(-c7ccccc7)c7sc8ccccc8c7c6)ccc5c34)n2)cc1. The molecule has 0 radical (unpaired) electrons. The fourth-order valence-electron chi connectivity index (χ4n) is 6.95. The van der Waals surface area contributed by atoms with E-state index < -0.39 is 0 Å². The number of hydrogen-bond acceptors (Lipinski definition) is 5. The number of nitrogens with zero attached hydrogens (tertiary/aromatic N) is 3. The second-order valence-corrected chi connectivity index (χ2v) is 13.4. The van der Waals surface area contributed by atoms with E-state index in [1.54, 1.807) is 0 Å². The Morgan fingerprint density at radius 1 is 0.380 bits per heavy atom. The number of rotatable bonds is 5. The Hall–Kier alpha value is -6.43. The van der Waals surface area contributed by atoms with E-state index in [4.69, 9.17) is 19.4 Å². The van der Waals surface area contributed by atoms with Crippen LogP contribution in [0.25, 0.3) is 98.5 Å². The van der Waals surface area contributed by atoms with Crippen molar-refractivity contribution in [2.45, 2.75) is 0 Å². The van der Waals surface area contributed by atoms with E-state index in [0.717, 1.165) is 49.8 Å². The molecule has 7 aromatic carbocycles. The van der Waals surface area contributed by atoms with Gasteiger partial charge in [0.1, 0.15) is 11.2 Å². The summed E-state index contributed by atoms with van der Waals surface area (Å²) in [5.74, 6) is 1.87. The van der Waals surface area contributed by atoms with E-state index in [0.29, 0.717) is 17.5 Å². The number of hydrogen-bond donors (Lipinski definition) is 0. The zero-order valence-electron chi connectivity index (χ0n) is 26.7. The summed E-state index contributed by atoms with van der Waals surface area (Å²) in [7, 11) is 0. The molecule has 0 unspecified atom stereocenters. The van der Waals surface area contributed by atoms with Crippen molar-refractivity contribution >= 4 is 53.4 Å². The van der Waals surface area contributed by atoms with Gasteiger partial charge in [0.05, 0.1) is 0 Å². The van der Waals surface area contributed by atoms with Gasteiger partial charge in [0.25, 0.3) is 0 Å². The first-order valence-electron chi connectivity index (χ1n) is 16.6.